The molecule has 84 valence electrons. The summed E-state index contributed by atoms with van der Waals surface area (Å²) in [5.41, 5.74) is 5.95. The molecule has 0 aliphatic heterocycles. The van der Waals surface area contributed by atoms with Crippen LogP contribution in [0.3, 0.4) is 0 Å². The van der Waals surface area contributed by atoms with Gasteiger partial charge < -0.3 is 5.73 Å². The minimum absolute atomic E-state index is 0.206. The Morgan fingerprint density at radius 2 is 2.13 bits per heavy atom. The minimum atomic E-state index is -3.41. The molecule has 0 amide bonds. The van der Waals surface area contributed by atoms with Crippen molar-refractivity contribution in [2.45, 2.75) is 11.3 Å². The predicted molar refractivity (Wildman–Crippen MR) is 64.5 cm³/mol. The SMILES string of the molecule is Nc1cccc(S(=O)(=O)NCCCBr)c1. The van der Waals surface area contributed by atoms with Crippen molar-refractivity contribution in [3.63, 3.8) is 0 Å². The molecule has 0 bridgehead atoms. The van der Waals surface area contributed by atoms with Crippen molar-refractivity contribution < 1.29 is 8.42 Å². The topological polar surface area (TPSA) is 72.2 Å². The summed E-state index contributed by atoms with van der Waals surface area (Å²) in [6, 6.07) is 6.23. The van der Waals surface area contributed by atoms with Gasteiger partial charge in [-0.3, -0.25) is 0 Å². The van der Waals surface area contributed by atoms with Crippen molar-refractivity contribution in [1.82, 2.24) is 4.72 Å². The van der Waals surface area contributed by atoms with Gasteiger partial charge in [0.05, 0.1) is 4.90 Å². The normalized spacial score (nSPS) is 11.5. The molecule has 0 spiro atoms. The summed E-state index contributed by atoms with van der Waals surface area (Å²) in [5, 5.41) is 0.770. The second-order valence-corrected chi connectivity index (χ2v) is 5.57. The molecular formula is C9H13BrN2O2S. The predicted octanol–water partition coefficient (Wildman–Crippen LogP) is 1.33. The van der Waals surface area contributed by atoms with Crippen LogP contribution in [-0.4, -0.2) is 20.3 Å². The van der Waals surface area contributed by atoms with Crippen LogP contribution in [0.25, 0.3) is 0 Å². The van der Waals surface area contributed by atoms with Crippen LogP contribution in [0.4, 0.5) is 5.69 Å². The fourth-order valence-corrected chi connectivity index (χ4v) is 2.45. The van der Waals surface area contributed by atoms with E-state index in [0.717, 1.165) is 11.8 Å². The number of anilines is 1. The van der Waals surface area contributed by atoms with Gasteiger partial charge in [0.25, 0.3) is 0 Å². The number of sulfonamides is 1. The van der Waals surface area contributed by atoms with Gasteiger partial charge in [-0.25, -0.2) is 13.1 Å². The molecular weight excluding hydrogens is 280 g/mol. The van der Waals surface area contributed by atoms with E-state index in [0.29, 0.717) is 12.2 Å². The Morgan fingerprint density at radius 1 is 1.40 bits per heavy atom. The Balaban J connectivity index is 2.77. The van der Waals surface area contributed by atoms with Crippen molar-refractivity contribution in [3.05, 3.63) is 24.3 Å². The Morgan fingerprint density at radius 3 is 2.73 bits per heavy atom. The van der Waals surface area contributed by atoms with E-state index in [-0.39, 0.29) is 4.90 Å². The number of halogens is 1. The summed E-state index contributed by atoms with van der Waals surface area (Å²) in [5.74, 6) is 0. The average molecular weight is 293 g/mol. The molecule has 4 nitrogen and oxygen atoms in total. The Kier molecular flexibility index (Phi) is 4.56. The van der Waals surface area contributed by atoms with Gasteiger partial charge in [-0.15, -0.1) is 0 Å². The molecule has 0 saturated carbocycles. The monoisotopic (exact) mass is 292 g/mol. The Labute approximate surface area is 98.0 Å². The van der Waals surface area contributed by atoms with Crippen LogP contribution < -0.4 is 10.5 Å². The molecule has 0 aliphatic carbocycles. The van der Waals surface area contributed by atoms with Crippen LogP contribution in [0.2, 0.25) is 0 Å². The van der Waals surface area contributed by atoms with Crippen molar-refractivity contribution in [2.75, 3.05) is 17.6 Å². The van der Waals surface area contributed by atoms with Crippen molar-refractivity contribution in [3.8, 4) is 0 Å². The highest BCUT2D eigenvalue weighted by Crippen LogP contribution is 2.12. The zero-order chi connectivity index (χ0) is 11.3. The molecule has 0 unspecified atom stereocenters. The van der Waals surface area contributed by atoms with E-state index < -0.39 is 10.0 Å². The van der Waals surface area contributed by atoms with Gasteiger partial charge in [-0.2, -0.15) is 0 Å². The lowest BCUT2D eigenvalue weighted by Gasteiger charge is -2.06. The summed E-state index contributed by atoms with van der Waals surface area (Å²) in [6.07, 6.45) is 0.752. The quantitative estimate of drug-likeness (QED) is 0.489. The Bertz CT molecular complexity index is 420. The number of nitrogens with one attached hydrogen (secondary N) is 1. The third kappa shape index (κ3) is 3.81. The van der Waals surface area contributed by atoms with E-state index in [2.05, 4.69) is 20.7 Å². The van der Waals surface area contributed by atoms with Crippen LogP contribution in [0.5, 0.6) is 0 Å². The highest BCUT2D eigenvalue weighted by Gasteiger charge is 2.12. The van der Waals surface area contributed by atoms with Gasteiger partial charge in [0.15, 0.2) is 0 Å². The van der Waals surface area contributed by atoms with Crippen LogP contribution in [0, 0.1) is 0 Å². The third-order valence-electron chi connectivity index (χ3n) is 1.77. The fourth-order valence-electron chi connectivity index (χ4n) is 1.04. The molecule has 6 heteroatoms. The van der Waals surface area contributed by atoms with E-state index >= 15 is 0 Å². The summed E-state index contributed by atoms with van der Waals surface area (Å²) >= 11 is 3.23. The molecule has 15 heavy (non-hydrogen) atoms. The van der Waals surface area contributed by atoms with E-state index in [9.17, 15) is 8.42 Å². The number of benzene rings is 1. The van der Waals surface area contributed by atoms with Crippen molar-refractivity contribution in [2.24, 2.45) is 0 Å². The average Bonchev–Trinajstić information content (AvgIpc) is 2.18. The van der Waals surface area contributed by atoms with Gasteiger partial charge in [0, 0.05) is 17.6 Å². The number of alkyl halides is 1. The summed E-state index contributed by atoms with van der Waals surface area (Å²) in [4.78, 5) is 0.206. The smallest absolute Gasteiger partial charge is 0.240 e. The number of nitrogens with two attached hydrogens (primary N) is 1. The van der Waals surface area contributed by atoms with E-state index in [4.69, 9.17) is 5.73 Å². The van der Waals surface area contributed by atoms with Crippen LogP contribution in [0.15, 0.2) is 29.2 Å². The van der Waals surface area contributed by atoms with Gasteiger partial charge in [0.2, 0.25) is 10.0 Å². The molecule has 1 aromatic rings. The molecule has 1 aromatic carbocycles. The molecule has 0 aliphatic rings. The Hall–Kier alpha value is -0.590. The molecule has 0 saturated heterocycles. The lowest BCUT2D eigenvalue weighted by Crippen LogP contribution is -2.25. The maximum atomic E-state index is 11.7. The molecule has 1 rings (SSSR count). The second kappa shape index (κ2) is 5.48. The largest absolute Gasteiger partial charge is 0.399 e. The van der Waals surface area contributed by atoms with Gasteiger partial charge in [-0.1, -0.05) is 22.0 Å². The number of hydrogen-bond donors (Lipinski definition) is 2. The summed E-state index contributed by atoms with van der Waals surface area (Å²) in [7, 11) is -3.41. The van der Waals surface area contributed by atoms with Gasteiger partial charge in [-0.05, 0) is 24.6 Å². The first kappa shape index (κ1) is 12.5. The maximum absolute atomic E-state index is 11.7. The highest BCUT2D eigenvalue weighted by atomic mass is 79.9. The fraction of sp³-hybridized carbons (Fsp3) is 0.333. The lowest BCUT2D eigenvalue weighted by molar-refractivity contribution is 0.581. The van der Waals surface area contributed by atoms with E-state index in [1.54, 1.807) is 12.1 Å². The van der Waals surface area contributed by atoms with Crippen LogP contribution in [0.1, 0.15) is 6.42 Å². The van der Waals surface area contributed by atoms with Crippen LogP contribution >= 0.6 is 15.9 Å². The maximum Gasteiger partial charge on any atom is 0.240 e. The van der Waals surface area contributed by atoms with Crippen molar-refractivity contribution >= 4 is 31.6 Å². The number of nitrogen functional groups attached to an aromatic ring is 1. The summed E-state index contributed by atoms with van der Waals surface area (Å²) in [6.45, 7) is 0.419. The number of rotatable bonds is 5. The molecule has 0 radical (unpaired) electrons. The standard InChI is InChI=1S/C9H13BrN2O2S/c10-5-2-6-12-15(13,14)9-4-1-3-8(11)7-9/h1,3-4,7,12H,2,5-6,11H2. The molecule has 0 aromatic heterocycles. The van der Waals surface area contributed by atoms with E-state index in [1.807, 2.05) is 0 Å². The number of hydrogen-bond acceptors (Lipinski definition) is 3. The first-order chi connectivity index (χ1) is 7.06. The van der Waals surface area contributed by atoms with E-state index in [1.165, 1.54) is 12.1 Å². The van der Waals surface area contributed by atoms with Gasteiger partial charge in [0.1, 0.15) is 0 Å². The van der Waals surface area contributed by atoms with Gasteiger partial charge >= 0.3 is 0 Å². The molecule has 0 atom stereocenters. The second-order valence-electron chi connectivity index (χ2n) is 3.01. The molecule has 3 N–H and O–H groups in total. The first-order valence-corrected chi connectivity index (χ1v) is 7.08. The lowest BCUT2D eigenvalue weighted by atomic mass is 10.3. The molecule has 0 fully saturated rings. The van der Waals surface area contributed by atoms with Crippen molar-refractivity contribution in [1.29, 1.82) is 0 Å². The minimum Gasteiger partial charge on any atom is -0.399 e. The zero-order valence-electron chi connectivity index (χ0n) is 8.11. The first-order valence-electron chi connectivity index (χ1n) is 4.47. The highest BCUT2D eigenvalue weighted by molar-refractivity contribution is 9.09. The summed E-state index contributed by atoms with van der Waals surface area (Å²) < 4.78 is 25.8. The zero-order valence-corrected chi connectivity index (χ0v) is 10.5. The van der Waals surface area contributed by atoms with Crippen LogP contribution in [-0.2, 0) is 10.0 Å². The molecule has 0 heterocycles. The third-order valence-corrected chi connectivity index (χ3v) is 3.79.